The molecular weight excluding hydrogens is 198 g/mol. The maximum absolute atomic E-state index is 11.7. The van der Waals surface area contributed by atoms with E-state index in [0.29, 0.717) is 25.6 Å². The van der Waals surface area contributed by atoms with Crippen molar-refractivity contribution in [2.45, 2.75) is 26.4 Å². The lowest BCUT2D eigenvalue weighted by atomic mass is 10.1. The normalized spacial score (nSPS) is 22.2. The van der Waals surface area contributed by atoms with Crippen LogP contribution in [0.15, 0.2) is 0 Å². The molecule has 0 bridgehead atoms. The number of carboxylic acid groups (broad SMARTS) is 1. The van der Waals surface area contributed by atoms with E-state index in [1.807, 2.05) is 13.8 Å². The minimum Gasteiger partial charge on any atom is -0.481 e. The molecule has 0 saturated carbocycles. The molecule has 1 unspecified atom stereocenters. The molecule has 1 fully saturated rings. The van der Waals surface area contributed by atoms with Crippen LogP contribution in [0, 0.1) is 5.92 Å². The van der Waals surface area contributed by atoms with Gasteiger partial charge in [0, 0.05) is 13.1 Å². The van der Waals surface area contributed by atoms with E-state index < -0.39 is 12.1 Å². The summed E-state index contributed by atoms with van der Waals surface area (Å²) in [6.45, 7) is 5.70. The number of ether oxygens (including phenoxy) is 1. The molecule has 1 heterocycles. The Morgan fingerprint density at radius 2 is 2.33 bits per heavy atom. The molecule has 0 spiro atoms. The highest BCUT2D eigenvalue weighted by Gasteiger charge is 2.31. The number of amides is 1. The molecular formula is C10H17NO4. The van der Waals surface area contributed by atoms with E-state index in [1.165, 1.54) is 0 Å². The summed E-state index contributed by atoms with van der Waals surface area (Å²) in [6.07, 6.45) is -1.04. The van der Waals surface area contributed by atoms with Crippen molar-refractivity contribution < 1.29 is 19.4 Å². The van der Waals surface area contributed by atoms with E-state index >= 15 is 0 Å². The van der Waals surface area contributed by atoms with Gasteiger partial charge in [-0.2, -0.15) is 0 Å². The topological polar surface area (TPSA) is 66.8 Å². The third kappa shape index (κ3) is 3.51. The predicted molar refractivity (Wildman–Crippen MR) is 53.4 cm³/mol. The molecule has 15 heavy (non-hydrogen) atoms. The molecule has 0 aliphatic carbocycles. The Balaban J connectivity index is 2.54. The summed E-state index contributed by atoms with van der Waals surface area (Å²) in [5.41, 5.74) is 0. The molecule has 1 N–H and O–H groups in total. The van der Waals surface area contributed by atoms with Crippen LogP contribution in [0.5, 0.6) is 0 Å². The maximum Gasteiger partial charge on any atom is 0.306 e. The van der Waals surface area contributed by atoms with Crippen LogP contribution in [-0.4, -0.2) is 47.7 Å². The van der Waals surface area contributed by atoms with Crippen molar-refractivity contribution in [1.82, 2.24) is 4.90 Å². The number of carboxylic acids is 1. The van der Waals surface area contributed by atoms with Crippen LogP contribution in [-0.2, 0) is 14.3 Å². The Morgan fingerprint density at radius 3 is 2.87 bits per heavy atom. The molecule has 0 aromatic heterocycles. The summed E-state index contributed by atoms with van der Waals surface area (Å²) in [4.78, 5) is 23.9. The molecule has 1 amide bonds. The average Bonchev–Trinajstić information content (AvgIpc) is 2.10. The van der Waals surface area contributed by atoms with Crippen molar-refractivity contribution in [3.63, 3.8) is 0 Å². The highest BCUT2D eigenvalue weighted by molar-refractivity contribution is 5.85. The lowest BCUT2D eigenvalue weighted by molar-refractivity contribution is -0.159. The lowest BCUT2D eigenvalue weighted by Gasteiger charge is -2.32. The molecule has 1 atom stereocenters. The second kappa shape index (κ2) is 5.11. The molecule has 1 aliphatic heterocycles. The fraction of sp³-hybridized carbons (Fsp3) is 0.800. The summed E-state index contributed by atoms with van der Waals surface area (Å²) >= 11 is 0. The van der Waals surface area contributed by atoms with Crippen LogP contribution in [0.25, 0.3) is 0 Å². The van der Waals surface area contributed by atoms with Crippen LogP contribution >= 0.6 is 0 Å². The molecule has 1 aliphatic rings. The summed E-state index contributed by atoms with van der Waals surface area (Å²) in [5.74, 6) is -0.811. The van der Waals surface area contributed by atoms with Crippen LogP contribution in [0.4, 0.5) is 0 Å². The van der Waals surface area contributed by atoms with Gasteiger partial charge in [-0.25, -0.2) is 0 Å². The average molecular weight is 215 g/mol. The van der Waals surface area contributed by atoms with Gasteiger partial charge in [-0.05, 0) is 5.92 Å². The number of nitrogens with zero attached hydrogens (tertiary/aromatic N) is 1. The fourth-order valence-electron chi connectivity index (χ4n) is 1.62. The highest BCUT2D eigenvalue weighted by atomic mass is 16.5. The first-order valence-electron chi connectivity index (χ1n) is 5.13. The van der Waals surface area contributed by atoms with Gasteiger partial charge in [0.15, 0.2) is 0 Å². The Kier molecular flexibility index (Phi) is 4.08. The Labute approximate surface area is 89.0 Å². The summed E-state index contributed by atoms with van der Waals surface area (Å²) in [7, 11) is 0. The number of hydrogen-bond acceptors (Lipinski definition) is 3. The summed E-state index contributed by atoms with van der Waals surface area (Å²) in [5, 5.41) is 8.60. The molecule has 0 aromatic carbocycles. The monoisotopic (exact) mass is 215 g/mol. The molecule has 0 radical (unpaired) electrons. The van der Waals surface area contributed by atoms with Crippen LogP contribution in [0.2, 0.25) is 0 Å². The van der Waals surface area contributed by atoms with E-state index in [2.05, 4.69) is 0 Å². The zero-order chi connectivity index (χ0) is 11.4. The Morgan fingerprint density at radius 1 is 1.67 bits per heavy atom. The molecule has 5 nitrogen and oxygen atoms in total. The smallest absolute Gasteiger partial charge is 0.306 e. The number of carbonyl (C=O) groups excluding carboxylic acids is 1. The van der Waals surface area contributed by atoms with E-state index in [9.17, 15) is 9.59 Å². The number of hydrogen-bond donors (Lipinski definition) is 1. The van der Waals surface area contributed by atoms with Gasteiger partial charge in [0.25, 0.3) is 5.91 Å². The molecule has 0 aromatic rings. The van der Waals surface area contributed by atoms with E-state index in [-0.39, 0.29) is 12.3 Å². The van der Waals surface area contributed by atoms with Gasteiger partial charge >= 0.3 is 5.97 Å². The second-order valence-corrected chi connectivity index (χ2v) is 4.14. The first-order chi connectivity index (χ1) is 7.00. The van der Waals surface area contributed by atoms with Crippen molar-refractivity contribution in [3.8, 4) is 0 Å². The molecule has 5 heteroatoms. The minimum absolute atomic E-state index is 0.197. The number of rotatable bonds is 4. The first kappa shape index (κ1) is 12.0. The van der Waals surface area contributed by atoms with E-state index in [0.717, 1.165) is 0 Å². The SMILES string of the molecule is CC(C)CN1CCOC(CC(=O)O)C1=O. The Hall–Kier alpha value is -1.10. The van der Waals surface area contributed by atoms with E-state index in [4.69, 9.17) is 9.84 Å². The summed E-state index contributed by atoms with van der Waals surface area (Å²) < 4.78 is 5.14. The highest BCUT2D eigenvalue weighted by Crippen LogP contribution is 2.12. The maximum atomic E-state index is 11.7. The summed E-state index contributed by atoms with van der Waals surface area (Å²) in [6, 6.07) is 0. The molecule has 1 saturated heterocycles. The predicted octanol–water partition coefficient (Wildman–Crippen LogP) is 0.345. The number of carbonyl (C=O) groups is 2. The van der Waals surface area contributed by atoms with Gasteiger partial charge in [-0.15, -0.1) is 0 Å². The minimum atomic E-state index is -1.00. The Bertz CT molecular complexity index is 252. The zero-order valence-corrected chi connectivity index (χ0v) is 9.10. The van der Waals surface area contributed by atoms with Gasteiger partial charge in [0.2, 0.25) is 0 Å². The zero-order valence-electron chi connectivity index (χ0n) is 9.10. The quantitative estimate of drug-likeness (QED) is 0.734. The van der Waals surface area contributed by atoms with Gasteiger partial charge in [0.05, 0.1) is 13.0 Å². The number of morpholine rings is 1. The van der Waals surface area contributed by atoms with Crippen molar-refractivity contribution >= 4 is 11.9 Å². The van der Waals surface area contributed by atoms with Crippen molar-refractivity contribution in [1.29, 1.82) is 0 Å². The third-order valence-electron chi connectivity index (χ3n) is 2.21. The van der Waals surface area contributed by atoms with Crippen molar-refractivity contribution in [2.24, 2.45) is 5.92 Å². The number of aliphatic carboxylic acids is 1. The van der Waals surface area contributed by atoms with Gasteiger partial charge in [-0.1, -0.05) is 13.8 Å². The van der Waals surface area contributed by atoms with E-state index in [1.54, 1.807) is 4.90 Å². The third-order valence-corrected chi connectivity index (χ3v) is 2.21. The molecule has 86 valence electrons. The van der Waals surface area contributed by atoms with Gasteiger partial charge in [0.1, 0.15) is 6.10 Å². The second-order valence-electron chi connectivity index (χ2n) is 4.14. The largest absolute Gasteiger partial charge is 0.481 e. The van der Waals surface area contributed by atoms with Crippen LogP contribution in [0.3, 0.4) is 0 Å². The fourth-order valence-corrected chi connectivity index (χ4v) is 1.62. The molecule has 1 rings (SSSR count). The van der Waals surface area contributed by atoms with Gasteiger partial charge in [-0.3, -0.25) is 9.59 Å². The van der Waals surface area contributed by atoms with Crippen molar-refractivity contribution in [2.75, 3.05) is 19.7 Å². The first-order valence-corrected chi connectivity index (χ1v) is 5.13. The van der Waals surface area contributed by atoms with Crippen LogP contribution in [0.1, 0.15) is 20.3 Å². The van der Waals surface area contributed by atoms with Gasteiger partial charge < -0.3 is 14.7 Å². The van der Waals surface area contributed by atoms with Crippen LogP contribution < -0.4 is 0 Å². The van der Waals surface area contributed by atoms with Crippen molar-refractivity contribution in [3.05, 3.63) is 0 Å². The lowest BCUT2D eigenvalue weighted by Crippen LogP contribution is -2.49. The standard InChI is InChI=1S/C10H17NO4/c1-7(2)6-11-3-4-15-8(10(11)14)5-9(12)13/h7-8H,3-6H2,1-2H3,(H,12,13).